The highest BCUT2D eigenvalue weighted by Gasteiger charge is 2.01. The normalized spacial score (nSPS) is 12.3. The Labute approximate surface area is 205 Å². The van der Waals surface area contributed by atoms with Crippen molar-refractivity contribution >= 4 is 45.9 Å². The Hall–Kier alpha value is -4.83. The molecule has 5 rings (SSSR count). The fraction of sp³-hybridized carbons (Fsp3) is 0. The van der Waals surface area contributed by atoms with Crippen LogP contribution in [0.1, 0.15) is 5.56 Å². The first-order chi connectivity index (χ1) is 17.2. The third kappa shape index (κ3) is 6.15. The minimum atomic E-state index is 0.758. The molecule has 0 bridgehead atoms. The summed E-state index contributed by atoms with van der Waals surface area (Å²) in [6.45, 7) is 0. The van der Waals surface area contributed by atoms with E-state index in [1.165, 1.54) is 0 Å². The van der Waals surface area contributed by atoms with Crippen LogP contribution in [0.25, 0.3) is 6.08 Å². The minimum Gasteiger partial charge on any atom is -0.399 e. The van der Waals surface area contributed by atoms with Crippen molar-refractivity contribution in [3.63, 3.8) is 0 Å². The average molecular weight is 455 g/mol. The quantitative estimate of drug-likeness (QED) is 0.258. The maximum Gasteiger partial charge on any atom is 0.0638 e. The van der Waals surface area contributed by atoms with E-state index in [9.17, 15) is 0 Å². The number of nitrogens with one attached hydrogen (secondary N) is 2. The number of aliphatic imine (C=N–C) groups is 1. The first kappa shape index (κ1) is 22.0. The van der Waals surface area contributed by atoms with Crippen LogP contribution in [0.5, 0.6) is 0 Å². The number of benzene rings is 4. The van der Waals surface area contributed by atoms with Crippen LogP contribution < -0.4 is 16.4 Å². The van der Waals surface area contributed by atoms with Crippen LogP contribution in [0.4, 0.5) is 34.1 Å². The molecular weight excluding hydrogens is 428 g/mol. The van der Waals surface area contributed by atoms with E-state index in [-0.39, 0.29) is 0 Å². The molecule has 0 spiro atoms. The van der Waals surface area contributed by atoms with Gasteiger partial charge in [-0.2, -0.15) is 0 Å². The summed E-state index contributed by atoms with van der Waals surface area (Å²) in [4.78, 5) is 4.74. The summed E-state index contributed by atoms with van der Waals surface area (Å²) in [5.41, 5.74) is 14.8. The van der Waals surface area contributed by atoms with E-state index >= 15 is 0 Å². The van der Waals surface area contributed by atoms with Crippen molar-refractivity contribution in [3.8, 4) is 0 Å². The number of hydrogen-bond donors (Lipinski definition) is 3. The van der Waals surface area contributed by atoms with E-state index in [0.717, 1.165) is 51.0 Å². The fourth-order valence-corrected chi connectivity index (χ4v) is 3.69. The SMILES string of the molecule is Nc1ccc(Nc2ccc(C=C3C=CC(=Nc4ccc(Nc5ccccc5)cc4)C=C3)cc2)cc1. The molecule has 0 unspecified atom stereocenters. The molecule has 1 aliphatic carbocycles. The first-order valence-corrected chi connectivity index (χ1v) is 11.5. The molecular formula is C31H26N4. The number of anilines is 5. The van der Waals surface area contributed by atoms with Crippen LogP contribution in [-0.2, 0) is 0 Å². The van der Waals surface area contributed by atoms with Crippen molar-refractivity contribution in [3.05, 3.63) is 139 Å². The molecule has 4 aromatic carbocycles. The molecule has 0 saturated heterocycles. The number of nitrogen functional groups attached to an aromatic ring is 1. The molecule has 35 heavy (non-hydrogen) atoms. The fourth-order valence-electron chi connectivity index (χ4n) is 3.69. The zero-order valence-electron chi connectivity index (χ0n) is 19.2. The number of hydrogen-bond acceptors (Lipinski definition) is 4. The number of rotatable bonds is 6. The topological polar surface area (TPSA) is 62.4 Å². The van der Waals surface area contributed by atoms with E-state index in [0.29, 0.717) is 0 Å². The van der Waals surface area contributed by atoms with Gasteiger partial charge in [-0.15, -0.1) is 0 Å². The average Bonchev–Trinajstić information content (AvgIpc) is 2.89. The Kier molecular flexibility index (Phi) is 6.54. The molecule has 4 aromatic rings. The molecule has 0 atom stereocenters. The third-order valence-corrected chi connectivity index (χ3v) is 5.52. The van der Waals surface area contributed by atoms with Gasteiger partial charge < -0.3 is 16.4 Å². The lowest BCUT2D eigenvalue weighted by molar-refractivity contribution is 1.49. The van der Waals surface area contributed by atoms with Gasteiger partial charge in [0.2, 0.25) is 0 Å². The highest BCUT2D eigenvalue weighted by atomic mass is 14.9. The molecule has 0 radical (unpaired) electrons. The maximum absolute atomic E-state index is 5.75. The van der Waals surface area contributed by atoms with Gasteiger partial charge in [0.1, 0.15) is 0 Å². The summed E-state index contributed by atoms with van der Waals surface area (Å²) in [6.07, 6.45) is 10.4. The predicted molar refractivity (Wildman–Crippen MR) is 150 cm³/mol. The van der Waals surface area contributed by atoms with Gasteiger partial charge >= 0.3 is 0 Å². The van der Waals surface area contributed by atoms with Gasteiger partial charge in [-0.1, -0.05) is 42.5 Å². The Bertz CT molecular complexity index is 1380. The second kappa shape index (κ2) is 10.4. The van der Waals surface area contributed by atoms with Crippen molar-refractivity contribution in [1.29, 1.82) is 0 Å². The highest BCUT2D eigenvalue weighted by Crippen LogP contribution is 2.23. The number of allylic oxidation sites excluding steroid dienone is 5. The van der Waals surface area contributed by atoms with Crippen molar-refractivity contribution in [2.45, 2.75) is 0 Å². The maximum atomic E-state index is 5.75. The smallest absolute Gasteiger partial charge is 0.0638 e. The standard InChI is InChI=1S/C31H26N4/c32-25-10-16-29(17-11-25)34-27-12-6-23(7-13-27)22-24-8-14-28(15-9-24)35-31-20-18-30(19-21-31)33-26-4-2-1-3-5-26/h1-22,33-34H,32H2. The molecule has 0 fully saturated rings. The van der Waals surface area contributed by atoms with Crippen LogP contribution in [0.15, 0.2) is 138 Å². The van der Waals surface area contributed by atoms with E-state index in [1.807, 2.05) is 91.0 Å². The Balaban J connectivity index is 1.19. The van der Waals surface area contributed by atoms with Gasteiger partial charge in [-0.3, -0.25) is 0 Å². The van der Waals surface area contributed by atoms with Gasteiger partial charge in [-0.25, -0.2) is 4.99 Å². The largest absolute Gasteiger partial charge is 0.399 e. The summed E-state index contributed by atoms with van der Waals surface area (Å²) in [7, 11) is 0. The zero-order chi connectivity index (χ0) is 23.9. The van der Waals surface area contributed by atoms with Gasteiger partial charge in [0.15, 0.2) is 0 Å². The molecule has 0 amide bonds. The lowest BCUT2D eigenvalue weighted by Gasteiger charge is -2.08. The molecule has 0 aromatic heterocycles. The molecule has 0 aliphatic heterocycles. The van der Waals surface area contributed by atoms with E-state index in [4.69, 9.17) is 10.7 Å². The summed E-state index contributed by atoms with van der Waals surface area (Å²) in [6, 6.07) is 34.3. The van der Waals surface area contributed by atoms with Crippen LogP contribution >= 0.6 is 0 Å². The Morgan fingerprint density at radius 1 is 0.543 bits per heavy atom. The Morgan fingerprint density at radius 3 is 1.66 bits per heavy atom. The second-order valence-electron chi connectivity index (χ2n) is 8.25. The summed E-state index contributed by atoms with van der Waals surface area (Å²) in [5, 5.41) is 6.77. The number of nitrogens with zero attached hydrogens (tertiary/aromatic N) is 1. The van der Waals surface area contributed by atoms with Crippen LogP contribution in [0.2, 0.25) is 0 Å². The monoisotopic (exact) mass is 454 g/mol. The molecule has 0 heterocycles. The van der Waals surface area contributed by atoms with E-state index in [1.54, 1.807) is 0 Å². The molecule has 0 saturated carbocycles. The Morgan fingerprint density at radius 2 is 1.06 bits per heavy atom. The summed E-state index contributed by atoms with van der Waals surface area (Å²) in [5.74, 6) is 0. The van der Waals surface area contributed by atoms with E-state index < -0.39 is 0 Å². The van der Waals surface area contributed by atoms with Crippen molar-refractivity contribution in [2.24, 2.45) is 4.99 Å². The second-order valence-corrected chi connectivity index (χ2v) is 8.25. The molecule has 4 nitrogen and oxygen atoms in total. The van der Waals surface area contributed by atoms with E-state index in [2.05, 4.69) is 53.1 Å². The van der Waals surface area contributed by atoms with Crippen LogP contribution in [0, 0.1) is 0 Å². The van der Waals surface area contributed by atoms with Crippen LogP contribution in [0.3, 0.4) is 0 Å². The first-order valence-electron chi connectivity index (χ1n) is 11.5. The van der Waals surface area contributed by atoms with Gasteiger partial charge in [-0.05, 0) is 102 Å². The number of nitrogens with two attached hydrogens (primary N) is 1. The lowest BCUT2D eigenvalue weighted by Crippen LogP contribution is -1.93. The van der Waals surface area contributed by atoms with Gasteiger partial charge in [0.05, 0.1) is 11.4 Å². The molecule has 4 heteroatoms. The summed E-state index contributed by atoms with van der Waals surface area (Å²) >= 11 is 0. The third-order valence-electron chi connectivity index (χ3n) is 5.52. The molecule has 1 aliphatic rings. The van der Waals surface area contributed by atoms with Gasteiger partial charge in [0.25, 0.3) is 0 Å². The number of para-hydroxylation sites is 1. The zero-order valence-corrected chi connectivity index (χ0v) is 19.2. The minimum absolute atomic E-state index is 0.758. The van der Waals surface area contributed by atoms with Crippen molar-refractivity contribution < 1.29 is 0 Å². The van der Waals surface area contributed by atoms with Gasteiger partial charge in [0, 0.05) is 28.4 Å². The molecule has 170 valence electrons. The predicted octanol–water partition coefficient (Wildman–Crippen LogP) is 8.04. The van der Waals surface area contributed by atoms with Crippen molar-refractivity contribution in [2.75, 3.05) is 16.4 Å². The van der Waals surface area contributed by atoms with Crippen LogP contribution in [-0.4, -0.2) is 5.71 Å². The lowest BCUT2D eigenvalue weighted by atomic mass is 10.0. The molecule has 4 N–H and O–H groups in total. The highest BCUT2D eigenvalue weighted by molar-refractivity contribution is 6.07. The summed E-state index contributed by atoms with van der Waals surface area (Å²) < 4.78 is 0. The van der Waals surface area contributed by atoms with Crippen molar-refractivity contribution in [1.82, 2.24) is 0 Å².